The van der Waals surface area contributed by atoms with Crippen LogP contribution in [0.3, 0.4) is 0 Å². The highest BCUT2D eigenvalue weighted by atomic mass is 16.6. The molecule has 5 heteroatoms. The summed E-state index contributed by atoms with van der Waals surface area (Å²) in [4.78, 5) is 11.1. The number of amides is 1. The number of aliphatic hydroxyl groups excluding tert-OH is 1. The Balaban J connectivity index is 1.70. The minimum atomic E-state index is -0.419. The Morgan fingerprint density at radius 3 is 2.65 bits per heavy atom. The predicted molar refractivity (Wildman–Crippen MR) is 88.6 cm³/mol. The van der Waals surface area contributed by atoms with Crippen molar-refractivity contribution in [1.82, 2.24) is 5.32 Å². The van der Waals surface area contributed by atoms with Crippen molar-refractivity contribution in [2.24, 2.45) is 5.92 Å². The van der Waals surface area contributed by atoms with Crippen LogP contribution in [0.1, 0.15) is 38.2 Å². The van der Waals surface area contributed by atoms with Crippen molar-refractivity contribution in [3.8, 4) is 5.75 Å². The summed E-state index contributed by atoms with van der Waals surface area (Å²) < 4.78 is 10.5. The summed E-state index contributed by atoms with van der Waals surface area (Å²) in [5, 5.41) is 12.6. The quantitative estimate of drug-likeness (QED) is 0.758. The molecule has 0 saturated heterocycles. The van der Waals surface area contributed by atoms with E-state index < -0.39 is 6.09 Å². The second kappa shape index (κ2) is 9.40. The summed E-state index contributed by atoms with van der Waals surface area (Å²) in [5.41, 5.74) is 1.22. The summed E-state index contributed by atoms with van der Waals surface area (Å²) >= 11 is 0. The first-order valence-corrected chi connectivity index (χ1v) is 8.49. The second-order valence-corrected chi connectivity index (χ2v) is 5.97. The van der Waals surface area contributed by atoms with Gasteiger partial charge >= 0.3 is 6.09 Å². The maximum Gasteiger partial charge on any atom is 0.407 e. The van der Waals surface area contributed by atoms with E-state index >= 15 is 0 Å². The zero-order valence-electron chi connectivity index (χ0n) is 13.8. The van der Waals surface area contributed by atoms with Gasteiger partial charge in [0.15, 0.2) is 0 Å². The number of nitrogens with one attached hydrogen (secondary N) is 1. The van der Waals surface area contributed by atoms with E-state index in [1.54, 1.807) is 0 Å². The molecule has 5 nitrogen and oxygen atoms in total. The highest BCUT2D eigenvalue weighted by Crippen LogP contribution is 2.27. The Morgan fingerprint density at radius 2 is 1.96 bits per heavy atom. The third kappa shape index (κ3) is 6.10. The SMILES string of the molecule is CCNC(=O)OCCOc1ccc(C[C@@H]2CCCC[C@@H]2O)cc1. The maximum absolute atomic E-state index is 11.1. The Bertz CT molecular complexity index is 474. The molecule has 2 rings (SSSR count). The van der Waals surface area contributed by atoms with Crippen molar-refractivity contribution in [3.63, 3.8) is 0 Å². The van der Waals surface area contributed by atoms with E-state index in [4.69, 9.17) is 9.47 Å². The fraction of sp³-hybridized carbons (Fsp3) is 0.611. The van der Waals surface area contributed by atoms with Crippen LogP contribution in [0.25, 0.3) is 0 Å². The average Bonchev–Trinajstić information content (AvgIpc) is 2.55. The van der Waals surface area contributed by atoms with E-state index in [1.165, 1.54) is 12.0 Å². The van der Waals surface area contributed by atoms with Gasteiger partial charge in [-0.15, -0.1) is 0 Å². The van der Waals surface area contributed by atoms with Crippen LogP contribution >= 0.6 is 0 Å². The van der Waals surface area contributed by atoms with Crippen LogP contribution in [-0.4, -0.2) is 37.1 Å². The van der Waals surface area contributed by atoms with E-state index in [1.807, 2.05) is 31.2 Å². The molecule has 1 amide bonds. The van der Waals surface area contributed by atoms with Crippen molar-refractivity contribution in [2.45, 2.75) is 45.1 Å². The van der Waals surface area contributed by atoms with Crippen molar-refractivity contribution in [2.75, 3.05) is 19.8 Å². The number of alkyl carbamates (subject to hydrolysis) is 1. The summed E-state index contributed by atoms with van der Waals surface area (Å²) in [6.45, 7) is 2.95. The zero-order valence-corrected chi connectivity index (χ0v) is 13.8. The summed E-state index contributed by atoms with van der Waals surface area (Å²) in [6.07, 6.45) is 4.73. The van der Waals surface area contributed by atoms with Crippen molar-refractivity contribution in [1.29, 1.82) is 0 Å². The third-order valence-electron chi connectivity index (χ3n) is 4.20. The number of hydrogen-bond acceptors (Lipinski definition) is 4. The van der Waals surface area contributed by atoms with E-state index in [2.05, 4.69) is 5.32 Å². The Kier molecular flexibility index (Phi) is 7.20. The number of carbonyl (C=O) groups excluding carboxylic acids is 1. The largest absolute Gasteiger partial charge is 0.490 e. The molecule has 1 aliphatic rings. The van der Waals surface area contributed by atoms with Gasteiger partial charge in [0, 0.05) is 6.54 Å². The molecule has 0 unspecified atom stereocenters. The Labute approximate surface area is 138 Å². The minimum Gasteiger partial charge on any atom is -0.490 e. The van der Waals surface area contributed by atoms with E-state index in [0.29, 0.717) is 19.1 Å². The molecule has 2 atom stereocenters. The highest BCUT2D eigenvalue weighted by molar-refractivity contribution is 5.66. The molecule has 2 N–H and O–H groups in total. The first-order valence-electron chi connectivity index (χ1n) is 8.49. The van der Waals surface area contributed by atoms with Crippen LogP contribution in [0.2, 0.25) is 0 Å². The van der Waals surface area contributed by atoms with Gasteiger partial charge in [0.05, 0.1) is 6.10 Å². The van der Waals surface area contributed by atoms with Gasteiger partial charge in [-0.05, 0) is 49.8 Å². The number of aliphatic hydroxyl groups is 1. The van der Waals surface area contributed by atoms with Gasteiger partial charge in [-0.3, -0.25) is 0 Å². The van der Waals surface area contributed by atoms with Gasteiger partial charge in [-0.2, -0.15) is 0 Å². The van der Waals surface area contributed by atoms with Crippen LogP contribution in [-0.2, 0) is 11.2 Å². The lowest BCUT2D eigenvalue weighted by Gasteiger charge is -2.27. The molecule has 1 fully saturated rings. The third-order valence-corrected chi connectivity index (χ3v) is 4.20. The molecule has 0 bridgehead atoms. The zero-order chi connectivity index (χ0) is 16.5. The van der Waals surface area contributed by atoms with E-state index in [-0.39, 0.29) is 12.7 Å². The average molecular weight is 321 g/mol. The van der Waals surface area contributed by atoms with Crippen LogP contribution < -0.4 is 10.1 Å². The molecule has 1 aromatic rings. The summed E-state index contributed by atoms with van der Waals surface area (Å²) in [7, 11) is 0. The van der Waals surface area contributed by atoms with Crippen LogP contribution in [0, 0.1) is 5.92 Å². The first-order chi connectivity index (χ1) is 11.2. The Morgan fingerprint density at radius 1 is 1.22 bits per heavy atom. The van der Waals surface area contributed by atoms with Crippen LogP contribution in [0.4, 0.5) is 4.79 Å². The van der Waals surface area contributed by atoms with E-state index in [9.17, 15) is 9.90 Å². The molecule has 1 aliphatic carbocycles. The van der Waals surface area contributed by atoms with Crippen LogP contribution in [0.15, 0.2) is 24.3 Å². The predicted octanol–water partition coefficient (Wildman–Crippen LogP) is 2.91. The van der Waals surface area contributed by atoms with E-state index in [0.717, 1.165) is 31.4 Å². The number of hydrogen-bond donors (Lipinski definition) is 2. The normalized spacial score (nSPS) is 20.8. The molecule has 128 valence electrons. The molecule has 1 saturated carbocycles. The van der Waals surface area contributed by atoms with Gasteiger partial charge in [0.25, 0.3) is 0 Å². The fourth-order valence-corrected chi connectivity index (χ4v) is 2.94. The van der Waals surface area contributed by atoms with Gasteiger partial charge in [0.2, 0.25) is 0 Å². The van der Waals surface area contributed by atoms with Crippen LogP contribution in [0.5, 0.6) is 5.75 Å². The lowest BCUT2D eigenvalue weighted by molar-refractivity contribution is 0.0700. The molecular weight excluding hydrogens is 294 g/mol. The smallest absolute Gasteiger partial charge is 0.407 e. The topological polar surface area (TPSA) is 67.8 Å². The van der Waals surface area contributed by atoms with Gasteiger partial charge in [-0.1, -0.05) is 25.0 Å². The number of benzene rings is 1. The molecule has 23 heavy (non-hydrogen) atoms. The lowest BCUT2D eigenvalue weighted by atomic mass is 9.82. The van der Waals surface area contributed by atoms with Gasteiger partial charge in [0.1, 0.15) is 19.0 Å². The molecule has 0 aliphatic heterocycles. The second-order valence-electron chi connectivity index (χ2n) is 5.97. The molecule has 1 aromatic carbocycles. The maximum atomic E-state index is 11.1. The molecule has 0 spiro atoms. The lowest BCUT2D eigenvalue weighted by Crippen LogP contribution is -2.26. The van der Waals surface area contributed by atoms with Gasteiger partial charge in [-0.25, -0.2) is 4.79 Å². The molecular formula is C18H27NO4. The van der Waals surface area contributed by atoms with Crippen molar-refractivity contribution >= 4 is 6.09 Å². The first kappa shape index (κ1) is 17.6. The Hall–Kier alpha value is -1.75. The summed E-state index contributed by atoms with van der Waals surface area (Å²) in [6, 6.07) is 7.94. The van der Waals surface area contributed by atoms with Gasteiger partial charge < -0.3 is 19.9 Å². The molecule has 0 aromatic heterocycles. The summed E-state index contributed by atoms with van der Waals surface area (Å²) in [5.74, 6) is 1.14. The molecule has 0 radical (unpaired) electrons. The van der Waals surface area contributed by atoms with Crippen molar-refractivity contribution < 1.29 is 19.4 Å². The monoisotopic (exact) mass is 321 g/mol. The minimum absolute atomic E-state index is 0.161. The fourth-order valence-electron chi connectivity index (χ4n) is 2.94. The highest BCUT2D eigenvalue weighted by Gasteiger charge is 2.22. The molecule has 0 heterocycles. The number of rotatable bonds is 7. The van der Waals surface area contributed by atoms with Crippen molar-refractivity contribution in [3.05, 3.63) is 29.8 Å². The number of carbonyl (C=O) groups is 1. The standard InChI is InChI=1S/C18H27NO4/c1-2-19-18(21)23-12-11-22-16-9-7-14(8-10-16)13-15-5-3-4-6-17(15)20/h7-10,15,17,20H,2-6,11-13H2,1H3,(H,19,21)/t15-,17-/m0/s1. The number of ether oxygens (including phenoxy) is 2.